The van der Waals surface area contributed by atoms with Crippen LogP contribution >= 0.6 is 11.9 Å². The second-order valence-electron chi connectivity index (χ2n) is 4.54. The number of ether oxygens (including phenoxy) is 1. The number of benzene rings is 1. The number of anilines is 1. The molecule has 0 saturated carbocycles. The Morgan fingerprint density at radius 1 is 1.40 bits per heavy atom. The fourth-order valence-electron chi connectivity index (χ4n) is 2.06. The third-order valence-electron chi connectivity index (χ3n) is 3.11. The van der Waals surface area contributed by atoms with Crippen molar-refractivity contribution in [2.75, 3.05) is 19.5 Å². The van der Waals surface area contributed by atoms with E-state index in [-0.39, 0.29) is 5.97 Å². The first-order valence-corrected chi connectivity index (χ1v) is 7.80. The van der Waals surface area contributed by atoms with Gasteiger partial charge in [0.15, 0.2) is 0 Å². The van der Waals surface area contributed by atoms with Gasteiger partial charge in [-0.3, -0.25) is 4.72 Å². The summed E-state index contributed by atoms with van der Waals surface area (Å²) in [5.74, 6) is -0.308. The molecule has 0 radical (unpaired) electrons. The number of nitrogens with one attached hydrogen (secondary N) is 2. The largest absolute Gasteiger partial charge is 0.465 e. The van der Waals surface area contributed by atoms with Crippen molar-refractivity contribution in [2.24, 2.45) is 0 Å². The van der Waals surface area contributed by atoms with Gasteiger partial charge in [-0.15, -0.1) is 0 Å². The fourth-order valence-corrected chi connectivity index (χ4v) is 2.60. The van der Waals surface area contributed by atoms with E-state index in [1.807, 2.05) is 25.2 Å². The summed E-state index contributed by atoms with van der Waals surface area (Å²) >= 11 is 1.48. The monoisotopic (exact) mass is 296 g/mol. The summed E-state index contributed by atoms with van der Waals surface area (Å²) in [6, 6.07) is 6.18. The molecule has 1 atom stereocenters. The molecule has 1 unspecified atom stereocenters. The molecular weight excluding hydrogens is 272 g/mol. The molecule has 0 heterocycles. The topological polar surface area (TPSA) is 50.4 Å². The van der Waals surface area contributed by atoms with Gasteiger partial charge < -0.3 is 10.1 Å². The molecule has 1 rings (SSSR count). The highest BCUT2D eigenvalue weighted by Crippen LogP contribution is 2.25. The van der Waals surface area contributed by atoms with Crippen LogP contribution in [0.4, 0.5) is 5.69 Å². The molecule has 0 aliphatic rings. The molecular formula is C15H24N2O2S. The molecule has 0 amide bonds. The lowest BCUT2D eigenvalue weighted by molar-refractivity contribution is 0.0601. The van der Waals surface area contributed by atoms with Crippen LogP contribution in [0.5, 0.6) is 0 Å². The van der Waals surface area contributed by atoms with E-state index in [2.05, 4.69) is 23.9 Å². The zero-order chi connectivity index (χ0) is 15.0. The highest BCUT2D eigenvalue weighted by Gasteiger charge is 2.15. The highest BCUT2D eigenvalue weighted by molar-refractivity contribution is 7.97. The minimum atomic E-state index is -0.308. The van der Waals surface area contributed by atoms with Crippen LogP contribution in [0.15, 0.2) is 23.1 Å². The van der Waals surface area contributed by atoms with Gasteiger partial charge in [0.05, 0.1) is 12.7 Å². The third-order valence-corrected chi connectivity index (χ3v) is 3.80. The van der Waals surface area contributed by atoms with Crippen molar-refractivity contribution in [1.29, 1.82) is 0 Å². The maximum atomic E-state index is 11.9. The molecule has 0 aromatic heterocycles. The molecule has 0 bridgehead atoms. The van der Waals surface area contributed by atoms with E-state index < -0.39 is 0 Å². The summed E-state index contributed by atoms with van der Waals surface area (Å²) in [7, 11) is 3.26. The Morgan fingerprint density at radius 2 is 2.15 bits per heavy atom. The summed E-state index contributed by atoms with van der Waals surface area (Å²) in [6.07, 6.45) is 3.23. The van der Waals surface area contributed by atoms with Crippen molar-refractivity contribution in [2.45, 2.75) is 44.0 Å². The average Bonchev–Trinajstić information content (AvgIpc) is 2.47. The molecule has 0 spiro atoms. The van der Waals surface area contributed by atoms with Crippen LogP contribution in [0.1, 0.15) is 43.5 Å². The number of hydrogen-bond acceptors (Lipinski definition) is 5. The van der Waals surface area contributed by atoms with E-state index in [1.165, 1.54) is 19.1 Å². The standard InChI is InChI=1S/C15H24N2O2S/c1-5-7-11(6-2)17-14-9-8-12(20-16-3)10-13(14)15(18)19-4/h8-11,16-17H,5-7H2,1-4H3. The summed E-state index contributed by atoms with van der Waals surface area (Å²) in [6.45, 7) is 4.31. The number of esters is 1. The SMILES string of the molecule is CCCC(CC)Nc1ccc(SNC)cc1C(=O)OC. The molecule has 112 valence electrons. The summed E-state index contributed by atoms with van der Waals surface area (Å²) in [4.78, 5) is 12.9. The van der Waals surface area contributed by atoms with Crippen LogP contribution in [0.3, 0.4) is 0 Å². The van der Waals surface area contributed by atoms with Gasteiger partial charge in [-0.25, -0.2) is 4.79 Å². The smallest absolute Gasteiger partial charge is 0.340 e. The summed E-state index contributed by atoms with van der Waals surface area (Å²) < 4.78 is 7.88. The van der Waals surface area contributed by atoms with Crippen LogP contribution in [0, 0.1) is 0 Å². The number of carbonyl (C=O) groups is 1. The van der Waals surface area contributed by atoms with Gasteiger partial charge in [-0.2, -0.15) is 0 Å². The normalized spacial score (nSPS) is 12.0. The minimum absolute atomic E-state index is 0.308. The Hall–Kier alpha value is -1.20. The number of carbonyl (C=O) groups excluding carboxylic acids is 1. The van der Waals surface area contributed by atoms with E-state index in [1.54, 1.807) is 0 Å². The van der Waals surface area contributed by atoms with Crippen LogP contribution in [0.25, 0.3) is 0 Å². The zero-order valence-corrected chi connectivity index (χ0v) is 13.5. The Balaban J connectivity index is 3.01. The van der Waals surface area contributed by atoms with E-state index in [0.29, 0.717) is 11.6 Å². The number of hydrogen-bond donors (Lipinski definition) is 2. The Kier molecular flexibility index (Phi) is 7.47. The van der Waals surface area contributed by atoms with E-state index >= 15 is 0 Å². The molecule has 0 aliphatic carbocycles. The Bertz CT molecular complexity index is 438. The minimum Gasteiger partial charge on any atom is -0.465 e. The van der Waals surface area contributed by atoms with Gasteiger partial charge >= 0.3 is 5.97 Å². The average molecular weight is 296 g/mol. The predicted molar refractivity (Wildman–Crippen MR) is 85.3 cm³/mol. The highest BCUT2D eigenvalue weighted by atomic mass is 32.2. The summed E-state index contributed by atoms with van der Waals surface area (Å²) in [5, 5.41) is 3.45. The molecule has 4 nitrogen and oxygen atoms in total. The van der Waals surface area contributed by atoms with Crippen molar-refractivity contribution in [3.63, 3.8) is 0 Å². The van der Waals surface area contributed by atoms with Gasteiger partial charge in [0, 0.05) is 16.6 Å². The molecule has 2 N–H and O–H groups in total. The predicted octanol–water partition coefficient (Wildman–Crippen LogP) is 3.69. The Labute approximate surface area is 125 Å². The van der Waals surface area contributed by atoms with Crippen molar-refractivity contribution >= 4 is 23.6 Å². The fraction of sp³-hybridized carbons (Fsp3) is 0.533. The first-order valence-electron chi connectivity index (χ1n) is 6.98. The molecule has 0 saturated heterocycles. The van der Waals surface area contributed by atoms with E-state index in [4.69, 9.17) is 4.74 Å². The molecule has 0 aliphatic heterocycles. The number of rotatable bonds is 8. The van der Waals surface area contributed by atoms with E-state index in [0.717, 1.165) is 29.8 Å². The lowest BCUT2D eigenvalue weighted by atomic mass is 10.1. The molecule has 1 aromatic carbocycles. The molecule has 5 heteroatoms. The molecule has 1 aromatic rings. The van der Waals surface area contributed by atoms with Gasteiger partial charge in [-0.05, 0) is 50.0 Å². The zero-order valence-electron chi connectivity index (χ0n) is 12.7. The quantitative estimate of drug-likeness (QED) is 0.566. The second kappa shape index (κ2) is 8.87. The summed E-state index contributed by atoms with van der Waals surface area (Å²) in [5.41, 5.74) is 1.43. The third kappa shape index (κ3) is 4.72. The van der Waals surface area contributed by atoms with Gasteiger partial charge in [-0.1, -0.05) is 20.3 Å². The van der Waals surface area contributed by atoms with Crippen LogP contribution < -0.4 is 10.0 Å². The van der Waals surface area contributed by atoms with Crippen molar-refractivity contribution < 1.29 is 9.53 Å². The van der Waals surface area contributed by atoms with Crippen LogP contribution in [-0.2, 0) is 4.74 Å². The van der Waals surface area contributed by atoms with Crippen LogP contribution in [0.2, 0.25) is 0 Å². The molecule has 20 heavy (non-hydrogen) atoms. The molecule has 0 fully saturated rings. The maximum absolute atomic E-state index is 11.9. The maximum Gasteiger partial charge on any atom is 0.340 e. The van der Waals surface area contributed by atoms with Crippen molar-refractivity contribution in [1.82, 2.24) is 4.72 Å². The Morgan fingerprint density at radius 3 is 2.70 bits per heavy atom. The lowest BCUT2D eigenvalue weighted by Gasteiger charge is -2.19. The van der Waals surface area contributed by atoms with Crippen molar-refractivity contribution in [3.05, 3.63) is 23.8 Å². The van der Waals surface area contributed by atoms with Gasteiger partial charge in [0.25, 0.3) is 0 Å². The first-order chi connectivity index (χ1) is 9.65. The number of methoxy groups -OCH3 is 1. The van der Waals surface area contributed by atoms with Gasteiger partial charge in [0.1, 0.15) is 0 Å². The van der Waals surface area contributed by atoms with E-state index in [9.17, 15) is 4.79 Å². The van der Waals surface area contributed by atoms with Gasteiger partial charge in [0.2, 0.25) is 0 Å². The van der Waals surface area contributed by atoms with Crippen LogP contribution in [-0.4, -0.2) is 26.2 Å². The second-order valence-corrected chi connectivity index (χ2v) is 5.63. The lowest BCUT2D eigenvalue weighted by Crippen LogP contribution is -2.20. The first kappa shape index (κ1) is 16.9. The van der Waals surface area contributed by atoms with Crippen molar-refractivity contribution in [3.8, 4) is 0 Å².